The highest BCUT2D eigenvalue weighted by molar-refractivity contribution is 6.31. The van der Waals surface area contributed by atoms with Crippen molar-refractivity contribution in [3.63, 3.8) is 0 Å². The highest BCUT2D eigenvalue weighted by atomic mass is 35.5. The Bertz CT molecular complexity index is 1150. The molecule has 1 N–H and O–H groups in total. The van der Waals surface area contributed by atoms with Gasteiger partial charge in [-0.1, -0.05) is 35.9 Å². The Morgan fingerprint density at radius 3 is 2.72 bits per heavy atom. The van der Waals surface area contributed by atoms with E-state index in [1.54, 1.807) is 13.2 Å². The molecular formula is C24H25ClN4O3. The number of piperidine rings is 1. The summed E-state index contributed by atoms with van der Waals surface area (Å²) in [6.45, 7) is 1.23. The molecular weight excluding hydrogens is 428 g/mol. The number of likely N-dealkylation sites (tertiary alicyclic amines) is 1. The Morgan fingerprint density at radius 2 is 1.94 bits per heavy atom. The molecule has 166 valence electrons. The van der Waals surface area contributed by atoms with Crippen LogP contribution in [0.25, 0.3) is 11.7 Å². The van der Waals surface area contributed by atoms with E-state index in [-0.39, 0.29) is 17.9 Å². The van der Waals surface area contributed by atoms with Crippen molar-refractivity contribution in [3.05, 3.63) is 71.1 Å². The van der Waals surface area contributed by atoms with Crippen molar-refractivity contribution in [1.29, 1.82) is 0 Å². The fourth-order valence-electron chi connectivity index (χ4n) is 3.94. The Morgan fingerprint density at radius 1 is 1.19 bits per heavy atom. The summed E-state index contributed by atoms with van der Waals surface area (Å²) in [5.41, 5.74) is 2.27. The van der Waals surface area contributed by atoms with E-state index < -0.39 is 0 Å². The summed E-state index contributed by atoms with van der Waals surface area (Å²) in [5, 5.41) is 3.37. The third-order valence-corrected chi connectivity index (χ3v) is 5.92. The maximum absolute atomic E-state index is 12.7. The predicted octanol–water partition coefficient (Wildman–Crippen LogP) is 3.36. The molecule has 2 amide bonds. The first kappa shape index (κ1) is 21.9. The Kier molecular flexibility index (Phi) is 6.75. The molecule has 8 heteroatoms. The van der Waals surface area contributed by atoms with E-state index in [1.807, 2.05) is 58.0 Å². The number of hydrogen-bond donors (Lipinski definition) is 1. The smallest absolute Gasteiger partial charge is 0.244 e. The number of imidazole rings is 1. The minimum atomic E-state index is -0.189. The van der Waals surface area contributed by atoms with Gasteiger partial charge in [-0.05, 0) is 37.1 Å². The van der Waals surface area contributed by atoms with Crippen molar-refractivity contribution in [2.75, 3.05) is 20.2 Å². The number of fused-ring (bicyclic) bond motifs is 1. The van der Waals surface area contributed by atoms with Crippen LogP contribution in [0.4, 0.5) is 0 Å². The number of pyridine rings is 1. The van der Waals surface area contributed by atoms with Crippen molar-refractivity contribution >= 4 is 35.1 Å². The number of hydrogen-bond acceptors (Lipinski definition) is 4. The highest BCUT2D eigenvalue weighted by Crippen LogP contribution is 2.21. The van der Waals surface area contributed by atoms with E-state index in [2.05, 4.69) is 10.3 Å². The van der Waals surface area contributed by atoms with Crippen LogP contribution in [0.15, 0.2) is 54.7 Å². The molecule has 7 nitrogen and oxygen atoms in total. The molecule has 0 saturated carbocycles. The molecule has 0 atom stereocenters. The molecule has 4 rings (SSSR count). The lowest BCUT2D eigenvalue weighted by atomic mass is 10.0. The van der Waals surface area contributed by atoms with Crippen LogP contribution in [0, 0.1) is 0 Å². The van der Waals surface area contributed by atoms with Gasteiger partial charge in [0, 0.05) is 37.0 Å². The van der Waals surface area contributed by atoms with Gasteiger partial charge in [0.2, 0.25) is 11.8 Å². The molecule has 32 heavy (non-hydrogen) atoms. The number of aromatic nitrogens is 2. The van der Waals surface area contributed by atoms with Crippen molar-refractivity contribution in [3.8, 4) is 5.75 Å². The zero-order valence-electron chi connectivity index (χ0n) is 17.8. The molecule has 1 fully saturated rings. The van der Waals surface area contributed by atoms with Crippen LogP contribution in [-0.4, -0.2) is 52.3 Å². The summed E-state index contributed by atoms with van der Waals surface area (Å²) in [4.78, 5) is 31.2. The maximum Gasteiger partial charge on any atom is 0.244 e. The van der Waals surface area contributed by atoms with Crippen molar-refractivity contribution in [2.45, 2.75) is 25.3 Å². The first-order chi connectivity index (χ1) is 15.5. The van der Waals surface area contributed by atoms with Gasteiger partial charge in [-0.25, -0.2) is 4.98 Å². The maximum atomic E-state index is 12.7. The SMILES string of the molecule is COc1ccccc1CC(=O)N1CCC(NC(=O)/C=C/c2c(Cl)nc3ccccn23)CC1. The number of rotatable bonds is 6. The standard InChI is InChI=1S/C24H25ClN4O3/c1-32-20-7-3-2-6-17(20)16-23(31)28-14-11-18(12-15-28)26-22(30)10-9-19-24(25)27-21-8-4-5-13-29(19)21/h2-10,13,18H,11-12,14-16H2,1H3,(H,26,30)/b10-9+. The van der Waals surface area contributed by atoms with Crippen LogP contribution in [0.3, 0.4) is 0 Å². The minimum absolute atomic E-state index is 0.0279. The van der Waals surface area contributed by atoms with Gasteiger partial charge in [-0.2, -0.15) is 0 Å². The molecule has 0 radical (unpaired) electrons. The fourth-order valence-corrected chi connectivity index (χ4v) is 4.18. The number of amides is 2. The van der Waals surface area contributed by atoms with Gasteiger partial charge in [-0.15, -0.1) is 0 Å². The number of ether oxygens (including phenoxy) is 1. The lowest BCUT2D eigenvalue weighted by Crippen LogP contribution is -2.46. The molecule has 0 spiro atoms. The molecule has 1 aliphatic heterocycles. The average molecular weight is 453 g/mol. The summed E-state index contributed by atoms with van der Waals surface area (Å²) in [7, 11) is 1.61. The minimum Gasteiger partial charge on any atom is -0.496 e. The molecule has 3 heterocycles. The number of carbonyl (C=O) groups is 2. The van der Waals surface area contributed by atoms with Crippen molar-refractivity contribution in [2.24, 2.45) is 0 Å². The van der Waals surface area contributed by atoms with Crippen LogP contribution < -0.4 is 10.1 Å². The number of nitrogens with one attached hydrogen (secondary N) is 1. The first-order valence-electron chi connectivity index (χ1n) is 10.6. The van der Waals surface area contributed by atoms with E-state index in [0.29, 0.717) is 43.2 Å². The van der Waals surface area contributed by atoms with Gasteiger partial charge >= 0.3 is 0 Å². The van der Waals surface area contributed by atoms with E-state index in [4.69, 9.17) is 16.3 Å². The molecule has 3 aromatic rings. The predicted molar refractivity (Wildman–Crippen MR) is 124 cm³/mol. The van der Waals surface area contributed by atoms with Crippen LogP contribution >= 0.6 is 11.6 Å². The second-order valence-electron chi connectivity index (χ2n) is 7.70. The van der Waals surface area contributed by atoms with Crippen LogP contribution in [0.2, 0.25) is 5.15 Å². The lowest BCUT2D eigenvalue weighted by molar-refractivity contribution is -0.131. The summed E-state index contributed by atoms with van der Waals surface area (Å²) in [5.74, 6) is 0.605. The van der Waals surface area contributed by atoms with Crippen LogP contribution in [0.5, 0.6) is 5.75 Å². The monoisotopic (exact) mass is 452 g/mol. The third kappa shape index (κ3) is 4.94. The summed E-state index contributed by atoms with van der Waals surface area (Å²) < 4.78 is 7.17. The molecule has 0 aliphatic carbocycles. The molecule has 2 aromatic heterocycles. The topological polar surface area (TPSA) is 75.9 Å². The molecule has 0 bridgehead atoms. The second kappa shape index (κ2) is 9.87. The number of carbonyl (C=O) groups excluding carboxylic acids is 2. The lowest BCUT2D eigenvalue weighted by Gasteiger charge is -2.32. The number of para-hydroxylation sites is 1. The van der Waals surface area contributed by atoms with Crippen molar-refractivity contribution < 1.29 is 14.3 Å². The summed E-state index contributed by atoms with van der Waals surface area (Å²) >= 11 is 6.21. The molecule has 0 unspecified atom stereocenters. The summed E-state index contributed by atoms with van der Waals surface area (Å²) in [6, 6.07) is 13.2. The second-order valence-corrected chi connectivity index (χ2v) is 8.06. The van der Waals surface area contributed by atoms with Gasteiger partial charge < -0.3 is 15.0 Å². The van der Waals surface area contributed by atoms with E-state index in [9.17, 15) is 9.59 Å². The van der Waals surface area contributed by atoms with E-state index >= 15 is 0 Å². The third-order valence-electron chi connectivity index (χ3n) is 5.64. The average Bonchev–Trinajstić information content (AvgIpc) is 3.13. The normalized spacial score (nSPS) is 14.8. The molecule has 1 aromatic carbocycles. The molecule has 1 aliphatic rings. The van der Waals surface area contributed by atoms with Gasteiger partial charge in [0.05, 0.1) is 19.2 Å². The summed E-state index contributed by atoms with van der Waals surface area (Å²) in [6.07, 6.45) is 6.74. The first-order valence-corrected chi connectivity index (χ1v) is 10.9. The largest absolute Gasteiger partial charge is 0.496 e. The fraction of sp³-hybridized carbons (Fsp3) is 0.292. The van der Waals surface area contributed by atoms with Gasteiger partial charge in [0.25, 0.3) is 0 Å². The van der Waals surface area contributed by atoms with Crippen molar-refractivity contribution in [1.82, 2.24) is 19.6 Å². The van der Waals surface area contributed by atoms with Gasteiger partial charge in [-0.3, -0.25) is 14.0 Å². The van der Waals surface area contributed by atoms with Crippen LogP contribution in [-0.2, 0) is 16.0 Å². The Hall–Kier alpha value is -3.32. The number of methoxy groups -OCH3 is 1. The van der Waals surface area contributed by atoms with Gasteiger partial charge in [0.15, 0.2) is 5.15 Å². The van der Waals surface area contributed by atoms with Gasteiger partial charge in [0.1, 0.15) is 11.4 Å². The molecule has 1 saturated heterocycles. The zero-order valence-corrected chi connectivity index (χ0v) is 18.6. The van der Waals surface area contributed by atoms with E-state index in [0.717, 1.165) is 17.0 Å². The Labute approximate surface area is 191 Å². The van der Waals surface area contributed by atoms with Crippen LogP contribution in [0.1, 0.15) is 24.1 Å². The zero-order chi connectivity index (χ0) is 22.5. The number of benzene rings is 1. The quantitative estimate of drug-likeness (QED) is 0.582. The number of halogens is 1. The van der Waals surface area contributed by atoms with E-state index in [1.165, 1.54) is 6.08 Å². The Balaban J connectivity index is 1.29. The highest BCUT2D eigenvalue weighted by Gasteiger charge is 2.24. The number of nitrogens with zero attached hydrogens (tertiary/aromatic N) is 3.